The van der Waals surface area contributed by atoms with Crippen molar-refractivity contribution >= 4 is 36.5 Å². The number of amides is 1. The smallest absolute Gasteiger partial charge is 0.229 e. The van der Waals surface area contributed by atoms with Gasteiger partial charge in [0.25, 0.3) is 0 Å². The van der Waals surface area contributed by atoms with Crippen molar-refractivity contribution in [3.05, 3.63) is 23.9 Å². The van der Waals surface area contributed by atoms with Crippen molar-refractivity contribution in [1.82, 2.24) is 10.3 Å². The van der Waals surface area contributed by atoms with Gasteiger partial charge in [0.1, 0.15) is 5.82 Å². The number of anilines is 1. The first-order valence-corrected chi connectivity index (χ1v) is 5.70. The Morgan fingerprint density at radius 3 is 2.78 bits per heavy atom. The standard InChI is InChI=1S/C12H17N3O.2ClH/c1-9-4-5-11(14-7-9)15-12(16)10-3-2-6-13-8-10;;/h4-5,7,10,13H,2-3,6,8H2,1H3,(H,14,15,16);2*1H. The van der Waals surface area contributed by atoms with Gasteiger partial charge in [-0.05, 0) is 37.9 Å². The molecule has 1 aromatic heterocycles. The summed E-state index contributed by atoms with van der Waals surface area (Å²) < 4.78 is 0. The number of pyridine rings is 1. The van der Waals surface area contributed by atoms with Gasteiger partial charge < -0.3 is 10.6 Å². The Labute approximate surface area is 120 Å². The van der Waals surface area contributed by atoms with Gasteiger partial charge >= 0.3 is 0 Å². The number of hydrogen-bond acceptors (Lipinski definition) is 3. The van der Waals surface area contributed by atoms with Crippen molar-refractivity contribution in [3.8, 4) is 0 Å². The van der Waals surface area contributed by atoms with Gasteiger partial charge in [-0.2, -0.15) is 0 Å². The quantitative estimate of drug-likeness (QED) is 0.878. The number of aromatic nitrogens is 1. The molecule has 1 amide bonds. The predicted molar refractivity (Wildman–Crippen MR) is 77.7 cm³/mol. The summed E-state index contributed by atoms with van der Waals surface area (Å²) in [6.07, 6.45) is 3.79. The Hall–Kier alpha value is -0.840. The van der Waals surface area contributed by atoms with E-state index in [0.29, 0.717) is 5.82 Å². The maximum Gasteiger partial charge on any atom is 0.229 e. The van der Waals surface area contributed by atoms with E-state index in [1.807, 2.05) is 19.1 Å². The zero-order valence-electron chi connectivity index (χ0n) is 10.3. The van der Waals surface area contributed by atoms with E-state index in [1.165, 1.54) is 0 Å². The summed E-state index contributed by atoms with van der Waals surface area (Å²) in [6.45, 7) is 3.77. The van der Waals surface area contributed by atoms with Crippen molar-refractivity contribution in [3.63, 3.8) is 0 Å². The first-order chi connectivity index (χ1) is 7.75. The fourth-order valence-corrected chi connectivity index (χ4v) is 1.85. The minimum Gasteiger partial charge on any atom is -0.316 e. The van der Waals surface area contributed by atoms with Crippen LogP contribution in [0.4, 0.5) is 5.82 Å². The highest BCUT2D eigenvalue weighted by atomic mass is 35.5. The molecule has 1 unspecified atom stereocenters. The van der Waals surface area contributed by atoms with Gasteiger partial charge in [0.05, 0.1) is 5.92 Å². The molecule has 2 heterocycles. The molecule has 4 nitrogen and oxygen atoms in total. The Morgan fingerprint density at radius 2 is 2.22 bits per heavy atom. The van der Waals surface area contributed by atoms with Crippen LogP contribution in [0.1, 0.15) is 18.4 Å². The minimum atomic E-state index is 0. The average Bonchev–Trinajstić information content (AvgIpc) is 2.33. The van der Waals surface area contributed by atoms with Crippen molar-refractivity contribution in [2.75, 3.05) is 18.4 Å². The first-order valence-electron chi connectivity index (χ1n) is 5.70. The summed E-state index contributed by atoms with van der Waals surface area (Å²) >= 11 is 0. The number of piperidine rings is 1. The van der Waals surface area contributed by atoms with Crippen LogP contribution in [0.5, 0.6) is 0 Å². The maximum atomic E-state index is 11.9. The van der Waals surface area contributed by atoms with E-state index in [-0.39, 0.29) is 36.6 Å². The second kappa shape index (κ2) is 8.29. The summed E-state index contributed by atoms with van der Waals surface area (Å²) in [7, 11) is 0. The fraction of sp³-hybridized carbons (Fsp3) is 0.500. The van der Waals surface area contributed by atoms with Crippen LogP contribution in [0, 0.1) is 12.8 Å². The molecule has 1 saturated heterocycles. The molecular formula is C12H19Cl2N3O. The average molecular weight is 292 g/mol. The second-order valence-electron chi connectivity index (χ2n) is 4.25. The van der Waals surface area contributed by atoms with E-state index < -0.39 is 0 Å². The third-order valence-corrected chi connectivity index (χ3v) is 2.83. The molecule has 0 bridgehead atoms. The van der Waals surface area contributed by atoms with Gasteiger partial charge in [-0.1, -0.05) is 6.07 Å². The molecule has 2 rings (SSSR count). The SMILES string of the molecule is Cc1ccc(NC(=O)C2CCCNC2)nc1.Cl.Cl. The zero-order valence-corrected chi connectivity index (χ0v) is 11.9. The summed E-state index contributed by atoms with van der Waals surface area (Å²) in [5.41, 5.74) is 1.09. The molecule has 0 radical (unpaired) electrons. The van der Waals surface area contributed by atoms with Gasteiger partial charge in [-0.3, -0.25) is 4.79 Å². The molecule has 0 aliphatic carbocycles. The first kappa shape index (κ1) is 17.2. The highest BCUT2D eigenvalue weighted by Gasteiger charge is 2.20. The minimum absolute atomic E-state index is 0. The van der Waals surface area contributed by atoms with Crippen molar-refractivity contribution in [2.45, 2.75) is 19.8 Å². The summed E-state index contributed by atoms with van der Waals surface area (Å²) in [5.74, 6) is 0.793. The molecule has 102 valence electrons. The lowest BCUT2D eigenvalue weighted by Gasteiger charge is -2.21. The molecule has 1 aliphatic rings. The number of hydrogen-bond donors (Lipinski definition) is 2. The number of carbonyl (C=O) groups excluding carboxylic acids is 1. The van der Waals surface area contributed by atoms with Crippen LogP contribution in [0.3, 0.4) is 0 Å². The maximum absolute atomic E-state index is 11.9. The van der Waals surface area contributed by atoms with Gasteiger partial charge in [-0.25, -0.2) is 4.98 Å². The number of nitrogens with one attached hydrogen (secondary N) is 2. The molecule has 1 aromatic rings. The van der Waals surface area contributed by atoms with Crippen LogP contribution in [-0.2, 0) is 4.79 Å². The summed E-state index contributed by atoms with van der Waals surface area (Å²) in [4.78, 5) is 16.0. The van der Waals surface area contributed by atoms with Crippen LogP contribution in [-0.4, -0.2) is 24.0 Å². The molecule has 0 spiro atoms. The fourth-order valence-electron chi connectivity index (χ4n) is 1.85. The van der Waals surface area contributed by atoms with E-state index >= 15 is 0 Å². The van der Waals surface area contributed by atoms with E-state index in [2.05, 4.69) is 15.6 Å². The van der Waals surface area contributed by atoms with Crippen LogP contribution >= 0.6 is 24.8 Å². The third-order valence-electron chi connectivity index (χ3n) is 2.83. The Morgan fingerprint density at radius 1 is 1.44 bits per heavy atom. The van der Waals surface area contributed by atoms with Crippen LogP contribution in [0.15, 0.2) is 18.3 Å². The largest absolute Gasteiger partial charge is 0.316 e. The van der Waals surface area contributed by atoms with Crippen LogP contribution in [0.25, 0.3) is 0 Å². The molecule has 1 atom stereocenters. The van der Waals surface area contributed by atoms with Crippen molar-refractivity contribution in [2.24, 2.45) is 5.92 Å². The number of carbonyl (C=O) groups is 1. The monoisotopic (exact) mass is 291 g/mol. The Kier molecular flexibility index (Phi) is 7.91. The number of rotatable bonds is 2. The molecule has 2 N–H and O–H groups in total. The third kappa shape index (κ3) is 4.80. The van der Waals surface area contributed by atoms with E-state index in [4.69, 9.17) is 0 Å². The predicted octanol–water partition coefficient (Wildman–Crippen LogP) is 2.17. The molecule has 0 saturated carbocycles. The Bertz CT molecular complexity index is 364. The summed E-state index contributed by atoms with van der Waals surface area (Å²) in [6, 6.07) is 3.78. The van der Waals surface area contributed by atoms with Crippen molar-refractivity contribution in [1.29, 1.82) is 0 Å². The van der Waals surface area contributed by atoms with Gasteiger partial charge in [0.2, 0.25) is 5.91 Å². The number of aryl methyl sites for hydroxylation is 1. The molecule has 1 aliphatic heterocycles. The van der Waals surface area contributed by atoms with E-state index in [1.54, 1.807) is 6.20 Å². The normalized spacial score (nSPS) is 18.2. The second-order valence-corrected chi connectivity index (χ2v) is 4.25. The van der Waals surface area contributed by atoms with Crippen LogP contribution in [0.2, 0.25) is 0 Å². The zero-order chi connectivity index (χ0) is 11.4. The van der Waals surface area contributed by atoms with E-state index in [0.717, 1.165) is 31.5 Å². The topological polar surface area (TPSA) is 54.0 Å². The van der Waals surface area contributed by atoms with E-state index in [9.17, 15) is 4.79 Å². The lowest BCUT2D eigenvalue weighted by molar-refractivity contribution is -0.120. The number of nitrogens with zero attached hydrogens (tertiary/aromatic N) is 1. The molecule has 6 heteroatoms. The Balaban J connectivity index is 0.00000144. The lowest BCUT2D eigenvalue weighted by Crippen LogP contribution is -2.37. The van der Waals surface area contributed by atoms with Gasteiger partial charge in [-0.15, -0.1) is 24.8 Å². The highest BCUT2D eigenvalue weighted by Crippen LogP contribution is 2.12. The molecule has 1 fully saturated rings. The van der Waals surface area contributed by atoms with Gasteiger partial charge in [0.15, 0.2) is 0 Å². The van der Waals surface area contributed by atoms with Crippen LogP contribution < -0.4 is 10.6 Å². The molecule has 0 aromatic carbocycles. The highest BCUT2D eigenvalue weighted by molar-refractivity contribution is 5.91. The molecular weight excluding hydrogens is 273 g/mol. The van der Waals surface area contributed by atoms with Gasteiger partial charge in [0, 0.05) is 12.7 Å². The van der Waals surface area contributed by atoms with Crippen molar-refractivity contribution < 1.29 is 4.79 Å². The molecule has 18 heavy (non-hydrogen) atoms. The number of halogens is 2. The summed E-state index contributed by atoms with van der Waals surface area (Å²) in [5, 5.41) is 6.08. The lowest BCUT2D eigenvalue weighted by atomic mass is 9.99.